The number of benzene rings is 2. The molecule has 0 saturated heterocycles. The van der Waals surface area contributed by atoms with Gasteiger partial charge in [0.2, 0.25) is 0 Å². The first-order valence-electron chi connectivity index (χ1n) is 9.93. The molecule has 0 fully saturated rings. The van der Waals surface area contributed by atoms with E-state index < -0.39 is 46.2 Å². The van der Waals surface area contributed by atoms with Crippen molar-refractivity contribution in [1.82, 2.24) is 14.9 Å². The monoisotopic (exact) mass is 492 g/mol. The molecule has 0 bridgehead atoms. The number of rotatable bonds is 5. The first-order valence-corrected chi connectivity index (χ1v) is 10.3. The van der Waals surface area contributed by atoms with Crippen LogP contribution in [-0.2, 0) is 23.3 Å². The molecule has 0 unspecified atom stereocenters. The van der Waals surface area contributed by atoms with Crippen molar-refractivity contribution in [2.75, 3.05) is 5.32 Å². The summed E-state index contributed by atoms with van der Waals surface area (Å²) < 4.78 is 44.1. The number of anilines is 1. The lowest BCUT2D eigenvalue weighted by molar-refractivity contribution is -0.196. The summed E-state index contributed by atoms with van der Waals surface area (Å²) in [6.07, 6.45) is -5.21. The third kappa shape index (κ3) is 3.77. The van der Waals surface area contributed by atoms with Crippen LogP contribution in [-0.4, -0.2) is 27.5 Å². The third-order valence-electron chi connectivity index (χ3n) is 5.46. The third-order valence-corrected chi connectivity index (χ3v) is 5.79. The SMILES string of the molecule is O=C(N[C@@]1(C(F)(F)F)C(=O)Nc2c1c(=O)[nH]c(=O)n2CCc1ccccc1)c1ccccc1Cl. The highest BCUT2D eigenvalue weighted by atomic mass is 35.5. The van der Waals surface area contributed by atoms with Crippen LogP contribution >= 0.6 is 11.6 Å². The van der Waals surface area contributed by atoms with Crippen LogP contribution in [0.1, 0.15) is 21.5 Å². The highest BCUT2D eigenvalue weighted by Crippen LogP contribution is 2.45. The van der Waals surface area contributed by atoms with Crippen molar-refractivity contribution in [1.29, 1.82) is 0 Å². The number of aryl methyl sites for hydroxylation is 1. The second-order valence-corrected chi connectivity index (χ2v) is 7.91. The van der Waals surface area contributed by atoms with E-state index in [1.54, 1.807) is 35.6 Å². The zero-order valence-corrected chi connectivity index (χ0v) is 18.0. The quantitative estimate of drug-likeness (QED) is 0.508. The molecule has 0 aliphatic carbocycles. The van der Waals surface area contributed by atoms with E-state index in [0.717, 1.165) is 10.1 Å². The highest BCUT2D eigenvalue weighted by molar-refractivity contribution is 6.34. The second-order valence-electron chi connectivity index (χ2n) is 7.51. The Morgan fingerprint density at radius 1 is 1.03 bits per heavy atom. The normalized spacial score (nSPS) is 17.2. The number of hydrogen-bond donors (Lipinski definition) is 3. The minimum absolute atomic E-state index is 0.144. The predicted molar refractivity (Wildman–Crippen MR) is 117 cm³/mol. The van der Waals surface area contributed by atoms with Crippen molar-refractivity contribution >= 4 is 29.2 Å². The maximum atomic E-state index is 14.4. The van der Waals surface area contributed by atoms with E-state index in [-0.39, 0.29) is 23.6 Å². The first kappa shape index (κ1) is 23.3. The molecule has 2 amide bonds. The number of aromatic amines is 1. The molecule has 0 radical (unpaired) electrons. The highest BCUT2D eigenvalue weighted by Gasteiger charge is 2.68. The Hall–Kier alpha value is -3.86. The zero-order chi connectivity index (χ0) is 24.7. The predicted octanol–water partition coefficient (Wildman–Crippen LogP) is 2.57. The molecule has 176 valence electrons. The van der Waals surface area contributed by atoms with Crippen molar-refractivity contribution in [3.8, 4) is 0 Å². The number of carbonyl (C=O) groups excluding carboxylic acids is 2. The van der Waals surface area contributed by atoms with Crippen molar-refractivity contribution in [2.45, 2.75) is 24.7 Å². The maximum Gasteiger partial charge on any atom is 0.425 e. The summed E-state index contributed by atoms with van der Waals surface area (Å²) >= 11 is 5.92. The standard InChI is InChI=1S/C22H16ClF3N4O4/c23-14-9-5-4-8-13(14)17(31)29-21(22(24,25)26)15-16(27-19(21)33)30(20(34)28-18(15)32)11-10-12-6-2-1-3-7-12/h1-9H,10-11H2,(H,27,33)(H,29,31)(H,28,32,34)/t21-/m1/s1. The van der Waals surface area contributed by atoms with Gasteiger partial charge in [-0.3, -0.25) is 23.9 Å². The minimum atomic E-state index is -5.44. The number of carbonyl (C=O) groups is 2. The minimum Gasteiger partial charge on any atom is -0.326 e. The van der Waals surface area contributed by atoms with Gasteiger partial charge >= 0.3 is 11.9 Å². The number of amides is 2. The van der Waals surface area contributed by atoms with E-state index in [9.17, 15) is 32.3 Å². The summed E-state index contributed by atoms with van der Waals surface area (Å²) in [6.45, 7) is -0.144. The van der Waals surface area contributed by atoms with Crippen LogP contribution in [0.2, 0.25) is 5.02 Å². The molecule has 1 aliphatic heterocycles. The molecular weight excluding hydrogens is 477 g/mol. The van der Waals surface area contributed by atoms with Crippen molar-refractivity contribution < 1.29 is 22.8 Å². The van der Waals surface area contributed by atoms with E-state index in [4.69, 9.17) is 11.6 Å². The Bertz CT molecular complexity index is 1400. The number of fused-ring (bicyclic) bond motifs is 1. The summed E-state index contributed by atoms with van der Waals surface area (Å²) in [6, 6.07) is 14.1. The van der Waals surface area contributed by atoms with E-state index in [2.05, 4.69) is 0 Å². The van der Waals surface area contributed by atoms with Gasteiger partial charge in [-0.05, 0) is 24.1 Å². The van der Waals surface area contributed by atoms with E-state index >= 15 is 0 Å². The summed E-state index contributed by atoms with van der Waals surface area (Å²) in [5.74, 6) is -3.68. The molecule has 8 nitrogen and oxygen atoms in total. The number of nitrogens with one attached hydrogen (secondary N) is 3. The fourth-order valence-electron chi connectivity index (χ4n) is 3.81. The number of alkyl halides is 3. The average Bonchev–Trinajstić information content (AvgIpc) is 3.07. The zero-order valence-electron chi connectivity index (χ0n) is 17.2. The van der Waals surface area contributed by atoms with Crippen LogP contribution < -0.4 is 21.9 Å². The topological polar surface area (TPSA) is 113 Å². The Morgan fingerprint density at radius 2 is 1.68 bits per heavy atom. The number of hydrogen-bond acceptors (Lipinski definition) is 4. The van der Waals surface area contributed by atoms with Crippen molar-refractivity contribution in [2.24, 2.45) is 0 Å². The summed E-state index contributed by atoms with van der Waals surface area (Å²) in [7, 11) is 0. The molecule has 1 aliphatic rings. The molecule has 12 heteroatoms. The van der Waals surface area contributed by atoms with Crippen LogP contribution in [0.15, 0.2) is 64.2 Å². The summed E-state index contributed by atoms with van der Waals surface area (Å²) in [4.78, 5) is 52.4. The van der Waals surface area contributed by atoms with Gasteiger partial charge in [0.15, 0.2) is 0 Å². The lowest BCUT2D eigenvalue weighted by atomic mass is 9.91. The maximum absolute atomic E-state index is 14.4. The molecule has 4 rings (SSSR count). The lowest BCUT2D eigenvalue weighted by Crippen LogP contribution is -2.62. The van der Waals surface area contributed by atoms with Gasteiger partial charge in [-0.25, -0.2) is 4.79 Å². The van der Waals surface area contributed by atoms with Gasteiger partial charge < -0.3 is 10.6 Å². The van der Waals surface area contributed by atoms with Crippen molar-refractivity contribution in [3.05, 3.63) is 97.1 Å². The largest absolute Gasteiger partial charge is 0.425 e. The van der Waals surface area contributed by atoms with Gasteiger partial charge in [0.25, 0.3) is 22.9 Å². The Labute approximate surface area is 194 Å². The fourth-order valence-corrected chi connectivity index (χ4v) is 4.03. The van der Waals surface area contributed by atoms with Gasteiger partial charge in [0.1, 0.15) is 11.4 Å². The van der Waals surface area contributed by atoms with E-state index in [1.165, 1.54) is 24.3 Å². The molecule has 1 aromatic heterocycles. The van der Waals surface area contributed by atoms with Gasteiger partial charge in [-0.1, -0.05) is 54.1 Å². The Kier molecular flexibility index (Phi) is 5.82. The van der Waals surface area contributed by atoms with Gasteiger partial charge in [0, 0.05) is 6.54 Å². The molecule has 1 atom stereocenters. The van der Waals surface area contributed by atoms with Crippen LogP contribution in [0.4, 0.5) is 19.0 Å². The van der Waals surface area contributed by atoms with Gasteiger partial charge in [-0.2, -0.15) is 13.2 Å². The van der Waals surface area contributed by atoms with Crippen LogP contribution in [0.5, 0.6) is 0 Å². The summed E-state index contributed by atoms with van der Waals surface area (Å²) in [5.41, 5.74) is -6.89. The first-order chi connectivity index (χ1) is 16.1. The van der Waals surface area contributed by atoms with Crippen molar-refractivity contribution in [3.63, 3.8) is 0 Å². The number of H-pyrrole nitrogens is 1. The van der Waals surface area contributed by atoms with E-state index in [1.807, 2.05) is 10.3 Å². The van der Waals surface area contributed by atoms with Crippen LogP contribution in [0, 0.1) is 0 Å². The number of aromatic nitrogens is 2. The summed E-state index contributed by atoms with van der Waals surface area (Å²) in [5, 5.41) is 3.50. The molecular formula is C22H16ClF3N4O4. The molecule has 3 aromatic rings. The smallest absolute Gasteiger partial charge is 0.326 e. The number of halogens is 4. The molecule has 3 N–H and O–H groups in total. The molecule has 34 heavy (non-hydrogen) atoms. The second kappa shape index (κ2) is 8.49. The Balaban J connectivity index is 1.85. The van der Waals surface area contributed by atoms with Crippen LogP contribution in [0.3, 0.4) is 0 Å². The van der Waals surface area contributed by atoms with Gasteiger partial charge in [0.05, 0.1) is 10.6 Å². The average molecular weight is 493 g/mol. The molecule has 0 spiro atoms. The molecule has 2 heterocycles. The fraction of sp³-hybridized carbons (Fsp3) is 0.182. The van der Waals surface area contributed by atoms with E-state index in [0.29, 0.717) is 0 Å². The molecule has 0 saturated carbocycles. The molecule has 2 aromatic carbocycles. The lowest BCUT2D eigenvalue weighted by Gasteiger charge is -2.30. The number of nitrogens with zero attached hydrogens (tertiary/aromatic N) is 1. The van der Waals surface area contributed by atoms with Gasteiger partial charge in [-0.15, -0.1) is 0 Å². The van der Waals surface area contributed by atoms with Crippen LogP contribution in [0.25, 0.3) is 0 Å². The Morgan fingerprint density at radius 3 is 2.32 bits per heavy atom.